The molecule has 0 aromatic heterocycles. The van der Waals surface area contributed by atoms with Crippen LogP contribution < -0.4 is 9.47 Å². The van der Waals surface area contributed by atoms with Gasteiger partial charge in [-0.2, -0.15) is 0 Å². The van der Waals surface area contributed by atoms with E-state index in [0.29, 0.717) is 30.4 Å². The van der Waals surface area contributed by atoms with Gasteiger partial charge in [-0.1, -0.05) is 19.9 Å². The molecule has 1 aromatic rings. The highest BCUT2D eigenvalue weighted by molar-refractivity contribution is 5.90. The van der Waals surface area contributed by atoms with Crippen molar-refractivity contribution < 1.29 is 58.8 Å². The number of carbonyl (C=O) groups is 2. The molecule has 4 saturated carbocycles. The second-order valence-corrected chi connectivity index (χ2v) is 18.1. The zero-order chi connectivity index (χ0) is 38.9. The number of hydrogen-bond acceptors (Lipinski definition) is 13. The van der Waals surface area contributed by atoms with Gasteiger partial charge < -0.3 is 49.2 Å². The molecule has 13 nitrogen and oxygen atoms in total. The van der Waals surface area contributed by atoms with Gasteiger partial charge in [0.1, 0.15) is 5.60 Å². The molecule has 4 bridgehead atoms. The molecule has 13 heteroatoms. The van der Waals surface area contributed by atoms with Crippen LogP contribution in [-0.4, -0.2) is 123 Å². The van der Waals surface area contributed by atoms with Crippen LogP contribution in [0.5, 0.6) is 11.5 Å². The number of esters is 2. The first kappa shape index (κ1) is 38.1. The Morgan fingerprint density at radius 1 is 1.00 bits per heavy atom. The monoisotopic (exact) mass is 755 g/mol. The fraction of sp³-hybridized carbons (Fsp3) is 0.756. The number of rotatable bonds is 6. The molecule has 0 amide bonds. The molecular formula is C41H57NO12. The van der Waals surface area contributed by atoms with Crippen LogP contribution in [0.3, 0.4) is 0 Å². The Hall–Kier alpha value is -2.78. The molecule has 1 aromatic carbocycles. The lowest BCUT2D eigenvalue weighted by Gasteiger charge is -2.64. The average molecular weight is 756 g/mol. The van der Waals surface area contributed by atoms with E-state index >= 15 is 0 Å². The maximum Gasteiger partial charge on any atom is 0.338 e. The van der Waals surface area contributed by atoms with Crippen molar-refractivity contribution in [2.45, 2.75) is 126 Å². The van der Waals surface area contributed by atoms with Crippen LogP contribution in [0.4, 0.5) is 0 Å². The minimum Gasteiger partial charge on any atom is -0.493 e. The molecule has 3 heterocycles. The van der Waals surface area contributed by atoms with E-state index in [-0.39, 0.29) is 36.4 Å². The summed E-state index contributed by atoms with van der Waals surface area (Å²) in [7, 11) is 2.96. The van der Waals surface area contributed by atoms with Gasteiger partial charge in [-0.15, -0.1) is 0 Å². The summed E-state index contributed by atoms with van der Waals surface area (Å²) in [6.45, 7) is 10.5. The van der Waals surface area contributed by atoms with Gasteiger partial charge in [-0.25, -0.2) is 9.59 Å². The van der Waals surface area contributed by atoms with Crippen molar-refractivity contribution in [3.63, 3.8) is 0 Å². The first-order valence-corrected chi connectivity index (χ1v) is 19.7. The largest absolute Gasteiger partial charge is 0.493 e. The second-order valence-electron chi connectivity index (χ2n) is 18.1. The lowest BCUT2D eigenvalue weighted by molar-refractivity contribution is -0.297. The molecule has 0 unspecified atom stereocenters. The van der Waals surface area contributed by atoms with Crippen LogP contribution in [0.2, 0.25) is 0 Å². The number of benzene rings is 1. The van der Waals surface area contributed by atoms with E-state index in [1.165, 1.54) is 20.3 Å². The molecular weight excluding hydrogens is 698 g/mol. The van der Waals surface area contributed by atoms with Gasteiger partial charge in [0.15, 0.2) is 23.7 Å². The highest BCUT2D eigenvalue weighted by Crippen LogP contribution is 2.77. The predicted molar refractivity (Wildman–Crippen MR) is 192 cm³/mol. The van der Waals surface area contributed by atoms with Gasteiger partial charge in [0.05, 0.1) is 43.2 Å². The van der Waals surface area contributed by atoms with E-state index in [4.69, 9.17) is 23.7 Å². The van der Waals surface area contributed by atoms with E-state index in [0.717, 1.165) is 19.4 Å². The fourth-order valence-corrected chi connectivity index (χ4v) is 13.1. The zero-order valence-electron chi connectivity index (χ0n) is 32.4. The summed E-state index contributed by atoms with van der Waals surface area (Å²) in [5, 5.41) is 63.3. The van der Waals surface area contributed by atoms with Crippen LogP contribution in [0.1, 0.15) is 83.5 Å². The van der Waals surface area contributed by atoms with E-state index < -0.39 is 93.9 Å². The van der Waals surface area contributed by atoms with Crippen LogP contribution in [0, 0.1) is 40.9 Å². The molecule has 16 atom stereocenters. The zero-order valence-corrected chi connectivity index (χ0v) is 32.4. The van der Waals surface area contributed by atoms with Crippen molar-refractivity contribution in [3.8, 4) is 11.5 Å². The molecule has 7 fully saturated rings. The molecule has 3 aliphatic heterocycles. The van der Waals surface area contributed by atoms with Crippen LogP contribution in [-0.2, 0) is 19.0 Å². The summed E-state index contributed by atoms with van der Waals surface area (Å²) in [6.07, 6.45) is -1.16. The maximum absolute atomic E-state index is 13.7. The SMILES string of the molecule is CC=C(C)C(=O)O[C@H]1[C@@H](O)[C@H]2[C@H](CN3C[C@H](C)CC[C@@H]3[C@@]2(C)O)[C@@H]2C[C@]34O[C@]5(O)[C@@H](OC(=O)c6ccc(OC)c(OC)c6)CC[C@@]3(C)[C@@H]5C[C@H](O)[C@@H]4[C@@]21O. The minimum atomic E-state index is -2.02. The van der Waals surface area contributed by atoms with Gasteiger partial charge in [0.2, 0.25) is 5.79 Å². The molecule has 3 saturated heterocycles. The number of aliphatic hydroxyl groups is 5. The fourth-order valence-electron chi connectivity index (χ4n) is 13.1. The third-order valence-corrected chi connectivity index (χ3v) is 15.6. The number of carbonyl (C=O) groups excluding carboxylic acids is 2. The lowest BCUT2D eigenvalue weighted by atomic mass is 9.49. The number of piperidine rings is 2. The highest BCUT2D eigenvalue weighted by atomic mass is 16.7. The number of allylic oxidation sites excluding steroid dienone is 1. The summed E-state index contributed by atoms with van der Waals surface area (Å²) >= 11 is 0. The third-order valence-electron chi connectivity index (χ3n) is 15.6. The number of fused-ring (bicyclic) bond motifs is 5. The number of hydrogen-bond donors (Lipinski definition) is 5. The standard InChI is InChI=1S/C41H57NO12/c1-8-21(3)35(45)53-34-32(44)31-23(19-42-18-20(2)9-12-29(42)38(31,5)47)24-17-39-33(40(24,34)48)25(43)16-28-37(39,4)14-13-30(41(28,49)54-39)52-36(46)22-10-11-26(50-6)27(15-22)51-7/h8,10-11,15,20,23-25,28-34,43-44,47-49H,9,12-14,16-19H2,1-7H3/t20-,23-,24+,25+,28+,29-,30+,31-,32+,33+,34+,37+,38-,39-,40+,41+/m1/s1. The first-order valence-electron chi connectivity index (χ1n) is 19.7. The lowest BCUT2D eigenvalue weighted by Crippen LogP contribution is -2.77. The molecule has 5 N–H and O–H groups in total. The molecule has 298 valence electrons. The molecule has 7 aliphatic rings. The molecule has 4 aliphatic carbocycles. The predicted octanol–water partition coefficient (Wildman–Crippen LogP) is 2.58. The minimum absolute atomic E-state index is 0.0149. The van der Waals surface area contributed by atoms with Crippen LogP contribution >= 0.6 is 0 Å². The smallest absolute Gasteiger partial charge is 0.338 e. The highest BCUT2D eigenvalue weighted by Gasteiger charge is 2.87. The van der Waals surface area contributed by atoms with Gasteiger partial charge in [0, 0.05) is 47.9 Å². The quantitative estimate of drug-likeness (QED) is 0.211. The molecule has 0 radical (unpaired) electrons. The van der Waals surface area contributed by atoms with Crippen molar-refractivity contribution in [1.29, 1.82) is 0 Å². The Morgan fingerprint density at radius 3 is 2.41 bits per heavy atom. The van der Waals surface area contributed by atoms with Gasteiger partial charge in [-0.05, 0) is 95.2 Å². The Morgan fingerprint density at radius 2 is 1.72 bits per heavy atom. The Kier molecular flexibility index (Phi) is 8.90. The van der Waals surface area contributed by atoms with Gasteiger partial charge in [0.25, 0.3) is 0 Å². The van der Waals surface area contributed by atoms with Crippen molar-refractivity contribution in [1.82, 2.24) is 4.90 Å². The van der Waals surface area contributed by atoms with Crippen molar-refractivity contribution in [2.24, 2.45) is 40.9 Å². The van der Waals surface area contributed by atoms with Gasteiger partial charge in [-0.3, -0.25) is 4.90 Å². The second kappa shape index (κ2) is 12.6. The van der Waals surface area contributed by atoms with Crippen molar-refractivity contribution >= 4 is 11.9 Å². The number of aliphatic hydroxyl groups excluding tert-OH is 2. The topological polar surface area (TPSA) is 185 Å². The molecule has 1 spiro atoms. The van der Waals surface area contributed by atoms with E-state index in [1.54, 1.807) is 39.0 Å². The summed E-state index contributed by atoms with van der Waals surface area (Å²) in [4.78, 5) is 29.5. The van der Waals surface area contributed by atoms with Crippen molar-refractivity contribution in [2.75, 3.05) is 27.3 Å². The van der Waals surface area contributed by atoms with Crippen LogP contribution in [0.25, 0.3) is 0 Å². The van der Waals surface area contributed by atoms with E-state index in [9.17, 15) is 35.1 Å². The maximum atomic E-state index is 13.7. The van der Waals surface area contributed by atoms with E-state index in [2.05, 4.69) is 11.8 Å². The number of methoxy groups -OCH3 is 2. The summed E-state index contributed by atoms with van der Waals surface area (Å²) in [5.41, 5.74) is -5.08. The molecule has 54 heavy (non-hydrogen) atoms. The Bertz CT molecular complexity index is 1730. The number of ether oxygens (including phenoxy) is 5. The average Bonchev–Trinajstić information content (AvgIpc) is 3.41. The number of nitrogens with zero attached hydrogens (tertiary/aromatic N) is 1. The van der Waals surface area contributed by atoms with Gasteiger partial charge >= 0.3 is 11.9 Å². The third kappa shape index (κ3) is 4.87. The summed E-state index contributed by atoms with van der Waals surface area (Å²) < 4.78 is 29.9. The Labute approximate surface area is 316 Å². The first-order chi connectivity index (χ1) is 25.4. The van der Waals surface area contributed by atoms with Crippen molar-refractivity contribution in [3.05, 3.63) is 35.4 Å². The van der Waals surface area contributed by atoms with E-state index in [1.807, 2.05) is 6.92 Å². The summed E-state index contributed by atoms with van der Waals surface area (Å²) in [6, 6.07) is 4.42. The van der Waals surface area contributed by atoms with Crippen LogP contribution in [0.15, 0.2) is 29.8 Å². The normalized spacial score (nSPS) is 49.2. The summed E-state index contributed by atoms with van der Waals surface area (Å²) in [5.74, 6) is -5.94. The Balaban J connectivity index is 1.20. The molecule has 8 rings (SSSR count).